The fourth-order valence-electron chi connectivity index (χ4n) is 1.97. The Balaban J connectivity index is 2.51. The smallest absolute Gasteiger partial charge is 0.408 e. The molecule has 0 aromatic carbocycles. The summed E-state index contributed by atoms with van der Waals surface area (Å²) in [7, 11) is 0. The van der Waals surface area contributed by atoms with Gasteiger partial charge in [0.25, 0.3) is 0 Å². The second-order valence-electron chi connectivity index (χ2n) is 5.98. The minimum Gasteiger partial charge on any atom is -0.464 e. The molecule has 5 heteroatoms. The van der Waals surface area contributed by atoms with Crippen LogP contribution in [-0.2, 0) is 14.3 Å². The first kappa shape index (κ1) is 15.8. The molecule has 0 aliphatic heterocycles. The van der Waals surface area contributed by atoms with Crippen molar-refractivity contribution in [3.8, 4) is 0 Å². The maximum Gasteiger partial charge on any atom is 0.408 e. The van der Waals surface area contributed by atoms with Gasteiger partial charge in [0.1, 0.15) is 11.6 Å². The lowest BCUT2D eigenvalue weighted by Crippen LogP contribution is -2.45. The van der Waals surface area contributed by atoms with Gasteiger partial charge in [-0.05, 0) is 40.0 Å². The first-order valence-corrected chi connectivity index (χ1v) is 6.98. The van der Waals surface area contributed by atoms with Crippen LogP contribution >= 0.6 is 0 Å². The number of ether oxygens (including phenoxy) is 2. The standard InChI is InChI=1S/C14H25NO4/c1-5-18-12(16)11(9-10-7-6-8-10)15-13(17)19-14(2,3)4/h10-11H,5-9H2,1-4H3,(H,15,17)/t11-/m0/s1. The van der Waals surface area contributed by atoms with Crippen molar-refractivity contribution in [1.82, 2.24) is 5.32 Å². The molecule has 0 spiro atoms. The Morgan fingerprint density at radius 1 is 1.32 bits per heavy atom. The fraction of sp³-hybridized carbons (Fsp3) is 0.857. The maximum atomic E-state index is 11.8. The van der Waals surface area contributed by atoms with E-state index in [1.807, 2.05) is 0 Å². The Morgan fingerprint density at radius 2 is 1.95 bits per heavy atom. The van der Waals surface area contributed by atoms with E-state index in [-0.39, 0.29) is 5.97 Å². The molecule has 0 radical (unpaired) electrons. The van der Waals surface area contributed by atoms with Crippen LogP contribution in [0, 0.1) is 5.92 Å². The number of hydrogen-bond acceptors (Lipinski definition) is 4. The lowest BCUT2D eigenvalue weighted by atomic mass is 9.81. The van der Waals surface area contributed by atoms with Gasteiger partial charge in [0.15, 0.2) is 0 Å². The van der Waals surface area contributed by atoms with Gasteiger partial charge in [-0.2, -0.15) is 0 Å². The molecule has 0 unspecified atom stereocenters. The van der Waals surface area contributed by atoms with Crippen LogP contribution in [-0.4, -0.2) is 30.3 Å². The molecule has 1 fully saturated rings. The summed E-state index contributed by atoms with van der Waals surface area (Å²) in [5.41, 5.74) is -0.570. The van der Waals surface area contributed by atoms with Gasteiger partial charge in [-0.15, -0.1) is 0 Å². The Morgan fingerprint density at radius 3 is 2.37 bits per heavy atom. The molecule has 19 heavy (non-hydrogen) atoms. The molecule has 1 atom stereocenters. The number of nitrogens with one attached hydrogen (secondary N) is 1. The molecule has 1 saturated carbocycles. The van der Waals surface area contributed by atoms with E-state index >= 15 is 0 Å². The van der Waals surface area contributed by atoms with Gasteiger partial charge in [0.2, 0.25) is 0 Å². The van der Waals surface area contributed by atoms with Gasteiger partial charge in [-0.1, -0.05) is 19.3 Å². The molecule has 0 aromatic rings. The summed E-state index contributed by atoms with van der Waals surface area (Å²) in [6.07, 6.45) is 3.51. The van der Waals surface area contributed by atoms with E-state index in [9.17, 15) is 9.59 Å². The van der Waals surface area contributed by atoms with E-state index in [1.54, 1.807) is 27.7 Å². The Hall–Kier alpha value is -1.26. The van der Waals surface area contributed by atoms with Crippen molar-refractivity contribution in [2.24, 2.45) is 5.92 Å². The minimum absolute atomic E-state index is 0.315. The van der Waals surface area contributed by atoms with E-state index in [4.69, 9.17) is 9.47 Å². The van der Waals surface area contributed by atoms with E-state index in [0.29, 0.717) is 18.9 Å². The van der Waals surface area contributed by atoms with Gasteiger partial charge in [-0.3, -0.25) is 0 Å². The van der Waals surface area contributed by atoms with E-state index in [0.717, 1.165) is 12.8 Å². The molecule has 1 aliphatic rings. The third-order valence-electron chi connectivity index (χ3n) is 3.06. The van der Waals surface area contributed by atoms with E-state index in [2.05, 4.69) is 5.32 Å². The van der Waals surface area contributed by atoms with Crippen LogP contribution in [0.1, 0.15) is 53.4 Å². The molecule has 0 aromatic heterocycles. The monoisotopic (exact) mass is 271 g/mol. The zero-order chi connectivity index (χ0) is 14.5. The van der Waals surface area contributed by atoms with Gasteiger partial charge in [0.05, 0.1) is 6.61 Å². The van der Waals surface area contributed by atoms with Gasteiger partial charge < -0.3 is 14.8 Å². The van der Waals surface area contributed by atoms with Crippen LogP contribution in [0.3, 0.4) is 0 Å². The number of alkyl carbamates (subject to hydrolysis) is 1. The number of rotatable bonds is 5. The van der Waals surface area contributed by atoms with Gasteiger partial charge in [-0.25, -0.2) is 9.59 Å². The second kappa shape index (κ2) is 6.78. The summed E-state index contributed by atoms with van der Waals surface area (Å²) in [6, 6.07) is -0.597. The second-order valence-corrected chi connectivity index (χ2v) is 5.98. The molecule has 110 valence electrons. The molecule has 5 nitrogen and oxygen atoms in total. The van der Waals surface area contributed by atoms with Crippen LogP contribution < -0.4 is 5.32 Å². The molecular formula is C14H25NO4. The Kier molecular flexibility index (Phi) is 5.63. The highest BCUT2D eigenvalue weighted by Gasteiger charge is 2.30. The quantitative estimate of drug-likeness (QED) is 0.781. The lowest BCUT2D eigenvalue weighted by Gasteiger charge is -2.29. The van der Waals surface area contributed by atoms with Gasteiger partial charge >= 0.3 is 12.1 Å². The highest BCUT2D eigenvalue weighted by atomic mass is 16.6. The van der Waals surface area contributed by atoms with Crippen LogP contribution in [0.2, 0.25) is 0 Å². The number of carbonyl (C=O) groups is 2. The number of amides is 1. The third-order valence-corrected chi connectivity index (χ3v) is 3.06. The maximum absolute atomic E-state index is 11.8. The number of esters is 1. The average Bonchev–Trinajstić information content (AvgIpc) is 2.19. The summed E-state index contributed by atoms with van der Waals surface area (Å²) in [5.74, 6) is 0.129. The van der Waals surface area contributed by atoms with E-state index < -0.39 is 17.7 Å². The lowest BCUT2D eigenvalue weighted by molar-refractivity contribution is -0.146. The summed E-state index contributed by atoms with van der Waals surface area (Å²) in [6.45, 7) is 7.44. The van der Waals surface area contributed by atoms with Crippen molar-refractivity contribution >= 4 is 12.1 Å². The molecule has 0 heterocycles. The van der Waals surface area contributed by atoms with Crippen molar-refractivity contribution in [2.45, 2.75) is 65.0 Å². The Bertz CT molecular complexity index is 318. The van der Waals surface area contributed by atoms with Crippen LogP contribution in [0.15, 0.2) is 0 Å². The molecule has 0 bridgehead atoms. The average molecular weight is 271 g/mol. The zero-order valence-corrected chi connectivity index (χ0v) is 12.3. The third kappa shape index (κ3) is 5.94. The van der Waals surface area contributed by atoms with Crippen LogP contribution in [0.25, 0.3) is 0 Å². The summed E-state index contributed by atoms with van der Waals surface area (Å²) < 4.78 is 10.2. The summed E-state index contributed by atoms with van der Waals surface area (Å²) >= 11 is 0. The normalized spacial score (nSPS) is 17.3. The van der Waals surface area contributed by atoms with Crippen molar-refractivity contribution < 1.29 is 19.1 Å². The minimum atomic E-state index is -0.597. The molecule has 1 aliphatic carbocycles. The zero-order valence-electron chi connectivity index (χ0n) is 12.3. The number of hydrogen-bond donors (Lipinski definition) is 1. The molecule has 1 rings (SSSR count). The largest absolute Gasteiger partial charge is 0.464 e. The first-order chi connectivity index (χ1) is 8.81. The SMILES string of the molecule is CCOC(=O)[C@H](CC1CCC1)NC(=O)OC(C)(C)C. The van der Waals surface area contributed by atoms with Crippen molar-refractivity contribution in [1.29, 1.82) is 0 Å². The van der Waals surface area contributed by atoms with Crippen molar-refractivity contribution in [2.75, 3.05) is 6.61 Å². The predicted octanol–water partition coefficient (Wildman–Crippen LogP) is 2.63. The van der Waals surface area contributed by atoms with E-state index in [1.165, 1.54) is 6.42 Å². The predicted molar refractivity (Wildman–Crippen MR) is 71.7 cm³/mol. The fourth-order valence-corrected chi connectivity index (χ4v) is 1.97. The highest BCUT2D eigenvalue weighted by molar-refractivity contribution is 5.81. The van der Waals surface area contributed by atoms with Crippen molar-refractivity contribution in [3.63, 3.8) is 0 Å². The van der Waals surface area contributed by atoms with Crippen LogP contribution in [0.5, 0.6) is 0 Å². The Labute approximate surface area is 115 Å². The number of carbonyl (C=O) groups excluding carboxylic acids is 2. The highest BCUT2D eigenvalue weighted by Crippen LogP contribution is 2.30. The molecule has 1 amide bonds. The summed E-state index contributed by atoms with van der Waals surface area (Å²) in [5, 5.41) is 2.62. The molecule has 0 saturated heterocycles. The van der Waals surface area contributed by atoms with Crippen LogP contribution in [0.4, 0.5) is 4.79 Å². The molecule has 1 N–H and O–H groups in total. The summed E-state index contributed by atoms with van der Waals surface area (Å²) in [4.78, 5) is 23.6. The topological polar surface area (TPSA) is 64.6 Å². The van der Waals surface area contributed by atoms with Crippen molar-refractivity contribution in [3.05, 3.63) is 0 Å². The first-order valence-electron chi connectivity index (χ1n) is 6.98. The molecular weight excluding hydrogens is 246 g/mol. The van der Waals surface area contributed by atoms with Gasteiger partial charge in [0, 0.05) is 0 Å².